The molecule has 0 spiro atoms. The largest absolute Gasteiger partial charge is 0.449 e. The number of ether oxygens (including phenoxy) is 1. The molecule has 2 aromatic rings. The normalized spacial score (nSPS) is 12.7. The second-order valence-corrected chi connectivity index (χ2v) is 9.04. The molecule has 0 aliphatic rings. The van der Waals surface area contributed by atoms with Crippen LogP contribution in [0.15, 0.2) is 53.4 Å². The lowest BCUT2D eigenvalue weighted by molar-refractivity contribution is -0.123. The molecule has 0 saturated carbocycles. The van der Waals surface area contributed by atoms with Crippen LogP contribution in [0.25, 0.3) is 0 Å². The number of esters is 1. The van der Waals surface area contributed by atoms with Gasteiger partial charge in [0.05, 0.1) is 10.5 Å². The molecule has 0 saturated heterocycles. The van der Waals surface area contributed by atoms with Gasteiger partial charge in [-0.2, -0.15) is 4.31 Å². The summed E-state index contributed by atoms with van der Waals surface area (Å²) in [7, 11) is -2.26. The molecule has 0 heterocycles. The van der Waals surface area contributed by atoms with E-state index in [1.54, 1.807) is 26.0 Å². The van der Waals surface area contributed by atoms with Gasteiger partial charge in [0.15, 0.2) is 6.10 Å². The van der Waals surface area contributed by atoms with Crippen LogP contribution in [0.3, 0.4) is 0 Å². The second kappa shape index (κ2) is 9.19. The van der Waals surface area contributed by atoms with Gasteiger partial charge in [0.25, 0.3) is 5.91 Å². The Morgan fingerprint density at radius 3 is 2.24 bits per heavy atom. The fourth-order valence-corrected chi connectivity index (χ4v) is 3.80. The molecular weight excluding hydrogens is 392 g/mol. The van der Waals surface area contributed by atoms with E-state index in [9.17, 15) is 18.0 Å². The maximum atomic E-state index is 12.6. The van der Waals surface area contributed by atoms with Gasteiger partial charge in [-0.1, -0.05) is 23.8 Å². The van der Waals surface area contributed by atoms with Crippen LogP contribution in [0.1, 0.15) is 36.7 Å². The Bertz CT molecular complexity index is 984. The summed E-state index contributed by atoms with van der Waals surface area (Å²) in [5, 5.41) is 2.67. The number of anilines is 1. The number of rotatable bonds is 7. The maximum absolute atomic E-state index is 12.6. The monoisotopic (exact) mass is 418 g/mol. The molecule has 7 nitrogen and oxygen atoms in total. The number of aryl methyl sites for hydroxylation is 1. The fraction of sp³-hybridized carbons (Fsp3) is 0.333. The predicted molar refractivity (Wildman–Crippen MR) is 111 cm³/mol. The van der Waals surface area contributed by atoms with Gasteiger partial charge in [0.2, 0.25) is 10.0 Å². The molecule has 0 aromatic heterocycles. The Kier molecular flexibility index (Phi) is 7.16. The van der Waals surface area contributed by atoms with Crippen LogP contribution in [0.5, 0.6) is 0 Å². The summed E-state index contributed by atoms with van der Waals surface area (Å²) in [6.45, 7) is 6.89. The van der Waals surface area contributed by atoms with E-state index in [0.717, 1.165) is 5.56 Å². The first kappa shape index (κ1) is 22.6. The molecule has 0 bridgehead atoms. The molecule has 1 atom stereocenters. The van der Waals surface area contributed by atoms with Crippen LogP contribution >= 0.6 is 0 Å². The Hall–Kier alpha value is -2.71. The van der Waals surface area contributed by atoms with Crippen LogP contribution in [-0.2, 0) is 19.6 Å². The third-order valence-corrected chi connectivity index (χ3v) is 6.48. The highest BCUT2D eigenvalue weighted by molar-refractivity contribution is 7.89. The van der Waals surface area contributed by atoms with Gasteiger partial charge in [-0.15, -0.1) is 0 Å². The molecule has 8 heteroatoms. The molecule has 0 aliphatic heterocycles. The van der Waals surface area contributed by atoms with E-state index in [-0.39, 0.29) is 16.5 Å². The molecule has 0 aliphatic carbocycles. The van der Waals surface area contributed by atoms with Crippen molar-refractivity contribution in [1.82, 2.24) is 4.31 Å². The third kappa shape index (κ3) is 5.65. The lowest BCUT2D eigenvalue weighted by atomic mass is 10.2. The van der Waals surface area contributed by atoms with Gasteiger partial charge in [0, 0.05) is 18.8 Å². The Morgan fingerprint density at radius 1 is 1.03 bits per heavy atom. The molecule has 156 valence electrons. The molecule has 29 heavy (non-hydrogen) atoms. The summed E-state index contributed by atoms with van der Waals surface area (Å²) >= 11 is 0. The molecule has 1 N–H and O–H groups in total. The van der Waals surface area contributed by atoms with E-state index in [1.165, 1.54) is 42.5 Å². The van der Waals surface area contributed by atoms with Crippen LogP contribution in [0, 0.1) is 6.92 Å². The van der Waals surface area contributed by atoms with E-state index < -0.39 is 28.0 Å². The molecular formula is C21H26N2O5S. The summed E-state index contributed by atoms with van der Waals surface area (Å²) < 4.78 is 31.7. The summed E-state index contributed by atoms with van der Waals surface area (Å²) in [6, 6.07) is 12.6. The molecule has 0 unspecified atom stereocenters. The van der Waals surface area contributed by atoms with Gasteiger partial charge < -0.3 is 10.1 Å². The lowest BCUT2D eigenvalue weighted by Crippen LogP contribution is -2.33. The van der Waals surface area contributed by atoms with E-state index in [0.29, 0.717) is 5.69 Å². The molecule has 1 amide bonds. The summed E-state index contributed by atoms with van der Waals surface area (Å²) in [5.74, 6) is -1.26. The Morgan fingerprint density at radius 2 is 1.66 bits per heavy atom. The zero-order chi connectivity index (χ0) is 21.8. The van der Waals surface area contributed by atoms with Crippen molar-refractivity contribution in [2.24, 2.45) is 0 Å². The fourth-order valence-electron chi connectivity index (χ4n) is 2.39. The molecule has 2 aromatic carbocycles. The quantitative estimate of drug-likeness (QED) is 0.697. The van der Waals surface area contributed by atoms with Gasteiger partial charge in [-0.05, 0) is 58.0 Å². The Labute approximate surface area is 171 Å². The standard InChI is InChI=1S/C21H26N2O5S/c1-14(2)23(5)29(26,27)19-8-6-7-17(13-19)21(25)28-16(4)20(24)22-18-11-9-15(3)10-12-18/h6-14,16H,1-5H3,(H,22,24)/t16-/m0/s1. The van der Waals surface area contributed by atoms with Crippen molar-refractivity contribution in [3.8, 4) is 0 Å². The second-order valence-electron chi connectivity index (χ2n) is 7.05. The van der Waals surface area contributed by atoms with Crippen LogP contribution in [-0.4, -0.2) is 43.8 Å². The number of carbonyl (C=O) groups is 2. The van der Waals surface area contributed by atoms with E-state index in [4.69, 9.17) is 4.74 Å². The maximum Gasteiger partial charge on any atom is 0.338 e. The first-order valence-corrected chi connectivity index (χ1v) is 10.6. The van der Waals surface area contributed by atoms with Crippen LogP contribution < -0.4 is 5.32 Å². The number of sulfonamides is 1. The molecule has 2 rings (SSSR count). The number of hydrogen-bond acceptors (Lipinski definition) is 5. The smallest absolute Gasteiger partial charge is 0.338 e. The van der Waals surface area contributed by atoms with E-state index >= 15 is 0 Å². The Balaban J connectivity index is 2.10. The topological polar surface area (TPSA) is 92.8 Å². The first-order chi connectivity index (χ1) is 13.5. The summed E-state index contributed by atoms with van der Waals surface area (Å²) in [4.78, 5) is 24.7. The number of nitrogens with zero attached hydrogens (tertiary/aromatic N) is 1. The minimum absolute atomic E-state index is 0.0140. The van der Waals surface area contributed by atoms with Crippen molar-refractivity contribution in [2.45, 2.75) is 44.7 Å². The number of benzene rings is 2. The SMILES string of the molecule is Cc1ccc(NC(=O)[C@H](C)OC(=O)c2cccc(S(=O)(=O)N(C)C(C)C)c2)cc1. The van der Waals surface area contributed by atoms with Crippen molar-refractivity contribution < 1.29 is 22.7 Å². The third-order valence-electron chi connectivity index (χ3n) is 4.45. The number of amides is 1. The molecule has 0 radical (unpaired) electrons. The van der Waals surface area contributed by atoms with Crippen molar-refractivity contribution in [1.29, 1.82) is 0 Å². The van der Waals surface area contributed by atoms with Crippen LogP contribution in [0.4, 0.5) is 5.69 Å². The van der Waals surface area contributed by atoms with E-state index in [1.807, 2.05) is 19.1 Å². The average Bonchev–Trinajstić information content (AvgIpc) is 2.68. The predicted octanol–water partition coefficient (Wildman–Crippen LogP) is 3.21. The van der Waals surface area contributed by atoms with Crippen molar-refractivity contribution in [3.63, 3.8) is 0 Å². The van der Waals surface area contributed by atoms with Gasteiger partial charge in [-0.25, -0.2) is 13.2 Å². The lowest BCUT2D eigenvalue weighted by Gasteiger charge is -2.21. The van der Waals surface area contributed by atoms with Gasteiger partial charge >= 0.3 is 5.97 Å². The number of carbonyl (C=O) groups excluding carboxylic acids is 2. The molecule has 0 fully saturated rings. The van der Waals surface area contributed by atoms with E-state index in [2.05, 4.69) is 5.32 Å². The summed E-state index contributed by atoms with van der Waals surface area (Å²) in [5.41, 5.74) is 1.70. The zero-order valence-corrected chi connectivity index (χ0v) is 18.0. The van der Waals surface area contributed by atoms with Crippen molar-refractivity contribution >= 4 is 27.6 Å². The number of nitrogens with one attached hydrogen (secondary N) is 1. The summed E-state index contributed by atoms with van der Waals surface area (Å²) in [6.07, 6.45) is -1.05. The minimum atomic E-state index is -3.74. The highest BCUT2D eigenvalue weighted by Gasteiger charge is 2.25. The highest BCUT2D eigenvalue weighted by atomic mass is 32.2. The number of hydrogen-bond donors (Lipinski definition) is 1. The average molecular weight is 419 g/mol. The van der Waals surface area contributed by atoms with Gasteiger partial charge in [-0.3, -0.25) is 4.79 Å². The van der Waals surface area contributed by atoms with Crippen molar-refractivity contribution in [2.75, 3.05) is 12.4 Å². The van der Waals surface area contributed by atoms with Crippen molar-refractivity contribution in [3.05, 3.63) is 59.7 Å². The highest BCUT2D eigenvalue weighted by Crippen LogP contribution is 2.19. The van der Waals surface area contributed by atoms with Gasteiger partial charge in [0.1, 0.15) is 0 Å². The first-order valence-electron chi connectivity index (χ1n) is 9.19. The minimum Gasteiger partial charge on any atom is -0.449 e. The van der Waals surface area contributed by atoms with Crippen LogP contribution in [0.2, 0.25) is 0 Å². The zero-order valence-electron chi connectivity index (χ0n) is 17.2.